The fraction of sp³-hybridized carbons (Fsp3) is 0.741. The van der Waals surface area contributed by atoms with Gasteiger partial charge in [0.05, 0.1) is 81.3 Å². The molecule has 1 aromatic rings. The Kier molecular flexibility index (Phi) is 23.6. The Morgan fingerprint density at radius 3 is 2.10 bits per heavy atom. The van der Waals surface area contributed by atoms with Crippen LogP contribution < -0.4 is 16.2 Å². The molecule has 0 saturated heterocycles. The van der Waals surface area contributed by atoms with Gasteiger partial charge in [-0.3, -0.25) is 4.79 Å². The van der Waals surface area contributed by atoms with Crippen molar-refractivity contribution in [2.24, 2.45) is 10.8 Å². The lowest BCUT2D eigenvalue weighted by Crippen LogP contribution is -2.30. The van der Waals surface area contributed by atoms with Crippen LogP contribution in [-0.2, 0) is 34.9 Å². The van der Waals surface area contributed by atoms with Crippen molar-refractivity contribution in [3.05, 3.63) is 40.3 Å². The zero-order chi connectivity index (χ0) is 29.1. The van der Waals surface area contributed by atoms with E-state index in [0.717, 1.165) is 18.5 Å². The van der Waals surface area contributed by atoms with Gasteiger partial charge in [-0.2, -0.15) is 0 Å². The van der Waals surface area contributed by atoms with Crippen molar-refractivity contribution in [1.29, 1.82) is 0 Å². The molecule has 2 radical (unpaired) electrons. The van der Waals surface area contributed by atoms with E-state index in [1.165, 1.54) is 23.3 Å². The first kappa shape index (κ1) is 36.2. The van der Waals surface area contributed by atoms with Crippen LogP contribution in [0.1, 0.15) is 12.0 Å². The SMILES string of the molecule is C[Si](CCCN)CC[Si](C)c1cccc(CC(=O)NCCOCCOCCOCCOCCOCCN=[N+]=[N-])c1. The number of carbonyl (C=O) groups excluding carboxylic acids is 1. The lowest BCUT2D eigenvalue weighted by molar-refractivity contribution is -0.120. The Labute approximate surface area is 243 Å². The number of benzene rings is 1. The molecule has 0 bridgehead atoms. The molecule has 40 heavy (non-hydrogen) atoms. The zero-order valence-corrected chi connectivity index (χ0v) is 26.4. The van der Waals surface area contributed by atoms with Gasteiger partial charge in [0.15, 0.2) is 0 Å². The van der Waals surface area contributed by atoms with Gasteiger partial charge in [-0.25, -0.2) is 0 Å². The maximum Gasteiger partial charge on any atom is 0.224 e. The van der Waals surface area contributed by atoms with Crippen molar-refractivity contribution < 1.29 is 28.5 Å². The minimum absolute atomic E-state index is 0.0155. The summed E-state index contributed by atoms with van der Waals surface area (Å²) in [4.78, 5) is 15.0. The average molecular weight is 596 g/mol. The fourth-order valence-electron chi connectivity index (χ4n) is 3.66. The molecule has 0 heterocycles. The van der Waals surface area contributed by atoms with Gasteiger partial charge in [-0.1, -0.05) is 65.8 Å². The van der Waals surface area contributed by atoms with Crippen LogP contribution in [0, 0.1) is 0 Å². The van der Waals surface area contributed by atoms with Gasteiger partial charge in [-0.05, 0) is 24.1 Å². The zero-order valence-electron chi connectivity index (χ0n) is 24.4. The van der Waals surface area contributed by atoms with E-state index < -0.39 is 8.80 Å². The minimum Gasteiger partial charge on any atom is -0.379 e. The number of carbonyl (C=O) groups is 1. The van der Waals surface area contributed by atoms with Crippen molar-refractivity contribution in [3.63, 3.8) is 0 Å². The Morgan fingerprint density at radius 2 is 1.50 bits per heavy atom. The van der Waals surface area contributed by atoms with Gasteiger partial charge in [0.25, 0.3) is 0 Å². The molecular formula is C27H49N5O6Si2. The topological polar surface area (TPSA) is 150 Å². The van der Waals surface area contributed by atoms with Crippen molar-refractivity contribution in [3.8, 4) is 0 Å². The van der Waals surface area contributed by atoms with Gasteiger partial charge in [0.2, 0.25) is 5.91 Å². The van der Waals surface area contributed by atoms with Crippen molar-refractivity contribution in [1.82, 2.24) is 5.32 Å². The van der Waals surface area contributed by atoms with Crippen LogP contribution in [0.3, 0.4) is 0 Å². The molecule has 1 rings (SSSR count). The smallest absolute Gasteiger partial charge is 0.224 e. The normalized spacial score (nSPS) is 11.2. The molecule has 0 aliphatic rings. The van der Waals surface area contributed by atoms with Crippen molar-refractivity contribution >= 4 is 28.7 Å². The number of hydrogen-bond donors (Lipinski definition) is 2. The first-order valence-corrected chi connectivity index (χ1v) is 18.8. The molecule has 0 saturated carbocycles. The predicted octanol–water partition coefficient (Wildman–Crippen LogP) is 2.54. The number of rotatable bonds is 27. The van der Waals surface area contributed by atoms with Crippen LogP contribution in [0.2, 0.25) is 31.2 Å². The van der Waals surface area contributed by atoms with E-state index in [4.69, 9.17) is 34.9 Å². The lowest BCUT2D eigenvalue weighted by Gasteiger charge is -2.14. The molecule has 1 amide bonds. The highest BCUT2D eigenvalue weighted by atomic mass is 28.3. The lowest BCUT2D eigenvalue weighted by atomic mass is 10.1. The summed E-state index contributed by atoms with van der Waals surface area (Å²) in [6.07, 6.45) is 1.54. The quantitative estimate of drug-likeness (QED) is 0.0522. The third kappa shape index (κ3) is 21.0. The number of nitrogens with one attached hydrogen (secondary N) is 1. The van der Waals surface area contributed by atoms with E-state index in [9.17, 15) is 4.79 Å². The summed E-state index contributed by atoms with van der Waals surface area (Å²) in [5.41, 5.74) is 14.9. The highest BCUT2D eigenvalue weighted by molar-refractivity contribution is 6.73. The molecule has 11 nitrogen and oxygen atoms in total. The second-order valence-corrected chi connectivity index (χ2v) is 14.9. The Bertz CT molecular complexity index is 819. The Morgan fingerprint density at radius 1 is 0.900 bits per heavy atom. The van der Waals surface area contributed by atoms with Crippen LogP contribution in [0.25, 0.3) is 10.4 Å². The summed E-state index contributed by atoms with van der Waals surface area (Å²) in [7, 11) is -0.861. The highest BCUT2D eigenvalue weighted by Crippen LogP contribution is 2.10. The van der Waals surface area contributed by atoms with E-state index in [2.05, 4.69) is 46.6 Å². The fourth-order valence-corrected chi connectivity index (χ4v) is 9.03. The van der Waals surface area contributed by atoms with Crippen LogP contribution in [-0.4, -0.2) is 109 Å². The molecule has 1 aromatic carbocycles. The summed E-state index contributed by atoms with van der Waals surface area (Å²) in [6.45, 7) is 11.1. The monoisotopic (exact) mass is 595 g/mol. The van der Waals surface area contributed by atoms with E-state index in [-0.39, 0.29) is 14.7 Å². The first-order chi connectivity index (χ1) is 19.6. The van der Waals surface area contributed by atoms with Gasteiger partial charge < -0.3 is 34.7 Å². The number of hydrogen-bond acceptors (Lipinski definition) is 8. The first-order valence-electron chi connectivity index (χ1n) is 14.2. The molecule has 226 valence electrons. The van der Waals surface area contributed by atoms with E-state index >= 15 is 0 Å². The van der Waals surface area contributed by atoms with Gasteiger partial charge >= 0.3 is 0 Å². The van der Waals surface area contributed by atoms with Crippen molar-refractivity contribution in [2.45, 2.75) is 44.1 Å². The molecule has 13 heteroatoms. The molecule has 0 aliphatic carbocycles. The molecule has 0 atom stereocenters. The number of azide groups is 1. The summed E-state index contributed by atoms with van der Waals surface area (Å²) in [5, 5.41) is 7.72. The Balaban J connectivity index is 1.97. The second kappa shape index (κ2) is 26.1. The third-order valence-corrected chi connectivity index (χ3v) is 11.1. The number of amides is 1. The van der Waals surface area contributed by atoms with Crippen LogP contribution >= 0.6 is 0 Å². The Hall–Kier alpha value is -1.81. The number of nitrogens with two attached hydrogens (primary N) is 1. The summed E-state index contributed by atoms with van der Waals surface area (Å²) < 4.78 is 27.0. The molecule has 0 aliphatic heterocycles. The standard InChI is InChI=1S/C27H49N5O6Si2/c1-39(20-4-7-28)21-22-40(2)26-6-3-5-25(23-26)24-27(33)30-8-10-34-12-14-36-16-18-38-19-17-37-15-13-35-11-9-31-32-29/h3,5-6,23H,4,7-22,24,28H2,1-2H3,(H,30,33). The van der Waals surface area contributed by atoms with Gasteiger partial charge in [-0.15, -0.1) is 0 Å². The average Bonchev–Trinajstić information content (AvgIpc) is 2.96. The van der Waals surface area contributed by atoms with Gasteiger partial charge in [0, 0.05) is 26.8 Å². The number of ether oxygens (including phenoxy) is 5. The second-order valence-electron chi connectivity index (χ2n) is 9.37. The van der Waals surface area contributed by atoms with Gasteiger partial charge in [0.1, 0.15) is 0 Å². The highest BCUT2D eigenvalue weighted by Gasteiger charge is 2.13. The summed E-state index contributed by atoms with van der Waals surface area (Å²) in [5.74, 6) is 0.0155. The summed E-state index contributed by atoms with van der Waals surface area (Å²) >= 11 is 0. The maximum atomic E-state index is 12.4. The van der Waals surface area contributed by atoms with E-state index in [1.54, 1.807) is 0 Å². The minimum atomic E-state index is -0.587. The predicted molar refractivity (Wildman–Crippen MR) is 162 cm³/mol. The third-order valence-electron chi connectivity index (χ3n) is 5.97. The van der Waals surface area contributed by atoms with Crippen LogP contribution in [0.15, 0.2) is 29.4 Å². The summed E-state index contributed by atoms with van der Waals surface area (Å²) in [6, 6.07) is 12.5. The van der Waals surface area contributed by atoms with Crippen molar-refractivity contribution in [2.75, 3.05) is 85.7 Å². The molecular weight excluding hydrogens is 546 g/mol. The van der Waals surface area contributed by atoms with Crippen LogP contribution in [0.5, 0.6) is 0 Å². The molecule has 0 spiro atoms. The van der Waals surface area contributed by atoms with E-state index in [1.807, 2.05) is 6.07 Å². The molecule has 3 N–H and O–H groups in total. The van der Waals surface area contributed by atoms with E-state index in [0.29, 0.717) is 85.6 Å². The molecule has 0 fully saturated rings. The molecule has 0 unspecified atom stereocenters. The largest absolute Gasteiger partial charge is 0.379 e. The van der Waals surface area contributed by atoms with Crippen LogP contribution in [0.4, 0.5) is 0 Å². The maximum absolute atomic E-state index is 12.4. The number of nitrogens with zero attached hydrogens (tertiary/aromatic N) is 3. The molecule has 0 aromatic heterocycles.